The Morgan fingerprint density at radius 3 is 1.50 bits per heavy atom. The average Bonchev–Trinajstić information content (AvgIpc) is 3.00. The molecule has 0 bridgehead atoms. The van der Waals surface area contributed by atoms with Crippen LogP contribution in [-0.2, 0) is 17.9 Å². The maximum atomic E-state index is 4.57. The predicted octanol–water partition coefficient (Wildman–Crippen LogP) is 6.68. The monoisotopic (exact) mass is 389 g/mol. The van der Waals surface area contributed by atoms with Gasteiger partial charge in [-0.25, -0.2) is 0 Å². The summed E-state index contributed by atoms with van der Waals surface area (Å²) in [6, 6.07) is 0. The number of rotatable bonds is 0. The van der Waals surface area contributed by atoms with Gasteiger partial charge in [-0.15, -0.1) is 0 Å². The molecule has 162 valence electrons. The summed E-state index contributed by atoms with van der Waals surface area (Å²) in [6.07, 6.45) is 3.38. The fraction of sp³-hybridized carbons (Fsp3) is 0.800. The van der Waals surface area contributed by atoms with Gasteiger partial charge in [0.05, 0.1) is 5.69 Å². The van der Waals surface area contributed by atoms with Crippen molar-refractivity contribution in [1.29, 1.82) is 0 Å². The summed E-state index contributed by atoms with van der Waals surface area (Å²) in [4.78, 5) is 2.43. The van der Waals surface area contributed by atoms with Crippen molar-refractivity contribution in [3.05, 3.63) is 28.7 Å². The van der Waals surface area contributed by atoms with Gasteiger partial charge in [0, 0.05) is 43.4 Å². The molecule has 0 saturated carbocycles. The number of aromatic nitrogens is 2. The zero-order valence-electron chi connectivity index (χ0n) is 21.3. The molecule has 0 amide bonds. The topological polar surface area (TPSA) is 21.1 Å². The Morgan fingerprint density at radius 2 is 1.21 bits per heavy atom. The van der Waals surface area contributed by atoms with E-state index in [1.165, 1.54) is 24.2 Å². The molecule has 0 spiro atoms. The maximum absolute atomic E-state index is 4.57. The van der Waals surface area contributed by atoms with Gasteiger partial charge in [0.25, 0.3) is 0 Å². The van der Waals surface area contributed by atoms with Gasteiger partial charge in [-0.1, -0.05) is 83.1 Å². The minimum absolute atomic E-state index is 0.129. The summed E-state index contributed by atoms with van der Waals surface area (Å²) in [5, 5.41) is 4.57. The lowest BCUT2D eigenvalue weighted by atomic mass is 9.79. The molecule has 0 unspecified atom stereocenters. The van der Waals surface area contributed by atoms with E-state index in [0.29, 0.717) is 5.41 Å². The molecule has 0 atom stereocenters. The van der Waals surface area contributed by atoms with Crippen LogP contribution in [0.5, 0.6) is 0 Å². The van der Waals surface area contributed by atoms with Crippen LogP contribution in [0.3, 0.4) is 0 Å². The molecule has 2 heterocycles. The zero-order valence-corrected chi connectivity index (χ0v) is 21.3. The summed E-state index contributed by atoms with van der Waals surface area (Å²) in [5.74, 6) is 0. The van der Waals surface area contributed by atoms with Crippen molar-refractivity contribution in [3.8, 4) is 0 Å². The fourth-order valence-corrected chi connectivity index (χ4v) is 4.09. The molecule has 0 fully saturated rings. The first kappa shape index (κ1) is 24.8. The van der Waals surface area contributed by atoms with Gasteiger partial charge in [-0.3, -0.25) is 4.68 Å². The van der Waals surface area contributed by atoms with Gasteiger partial charge >= 0.3 is 0 Å². The Morgan fingerprint density at radius 1 is 0.714 bits per heavy atom. The van der Waals surface area contributed by atoms with Crippen LogP contribution in [0.2, 0.25) is 0 Å². The Bertz CT molecular complexity index is 661. The van der Waals surface area contributed by atoms with Gasteiger partial charge in [0.15, 0.2) is 0 Å². The number of hydrogen-bond acceptors (Lipinski definition) is 2. The number of aryl methyl sites for hydroxylation is 1. The van der Waals surface area contributed by atoms with E-state index in [9.17, 15) is 0 Å². The lowest BCUT2D eigenvalue weighted by Crippen LogP contribution is -2.25. The lowest BCUT2D eigenvalue weighted by molar-refractivity contribution is 0.333. The summed E-state index contributed by atoms with van der Waals surface area (Å²) in [7, 11) is 4.21. The van der Waals surface area contributed by atoms with Gasteiger partial charge in [-0.2, -0.15) is 5.10 Å². The van der Waals surface area contributed by atoms with E-state index in [1.807, 2.05) is 11.7 Å². The molecule has 0 saturated heterocycles. The van der Waals surface area contributed by atoms with Gasteiger partial charge in [0.2, 0.25) is 0 Å². The summed E-state index contributed by atoms with van der Waals surface area (Å²) < 4.78 is 1.92. The van der Waals surface area contributed by atoms with E-state index in [2.05, 4.69) is 106 Å². The Labute approximate surface area is 175 Å². The predicted molar refractivity (Wildman–Crippen MR) is 124 cm³/mol. The standard InChI is InChI=1S/C13H25N.C12H22N2/c1-12(2,3)10-8-9-14(7)11(10)13(4,5)6;1-11(2,3)9-8-14(7)13-10(9)12(4,5)6/h8-9H2,1-7H3;8H,1-7H3. The smallest absolute Gasteiger partial charge is 0.0715 e. The third-order valence-corrected chi connectivity index (χ3v) is 5.33. The van der Waals surface area contributed by atoms with Crippen molar-refractivity contribution < 1.29 is 0 Å². The number of nitrogens with zero attached hydrogens (tertiary/aromatic N) is 3. The van der Waals surface area contributed by atoms with E-state index >= 15 is 0 Å². The van der Waals surface area contributed by atoms with Crippen molar-refractivity contribution in [2.24, 2.45) is 17.9 Å². The second kappa shape index (κ2) is 7.88. The Hall–Kier alpha value is -1.25. The van der Waals surface area contributed by atoms with E-state index in [0.717, 1.165) is 0 Å². The van der Waals surface area contributed by atoms with Crippen LogP contribution in [0.4, 0.5) is 0 Å². The molecule has 1 aliphatic heterocycles. The number of hydrogen-bond donors (Lipinski definition) is 0. The molecule has 2 rings (SSSR count). The molecular weight excluding hydrogens is 342 g/mol. The highest BCUT2D eigenvalue weighted by Gasteiger charge is 2.34. The molecule has 3 heteroatoms. The van der Waals surface area contributed by atoms with Crippen LogP contribution in [-0.4, -0.2) is 28.3 Å². The first-order valence-electron chi connectivity index (χ1n) is 10.8. The second-order valence-corrected chi connectivity index (χ2v) is 12.6. The van der Waals surface area contributed by atoms with E-state index in [-0.39, 0.29) is 16.2 Å². The van der Waals surface area contributed by atoms with Crippen LogP contribution in [0.25, 0.3) is 0 Å². The molecule has 0 N–H and O–H groups in total. The Balaban J connectivity index is 0.000000280. The molecule has 0 radical (unpaired) electrons. The van der Waals surface area contributed by atoms with E-state index in [4.69, 9.17) is 0 Å². The van der Waals surface area contributed by atoms with Crippen molar-refractivity contribution in [2.45, 2.75) is 100 Å². The molecule has 1 aromatic rings. The van der Waals surface area contributed by atoms with Crippen LogP contribution in [0.15, 0.2) is 17.5 Å². The molecule has 0 aliphatic carbocycles. The zero-order chi connectivity index (χ0) is 22.3. The maximum Gasteiger partial charge on any atom is 0.0715 e. The molecular formula is C25H47N3. The summed E-state index contributed by atoms with van der Waals surface area (Å²) >= 11 is 0. The van der Waals surface area contributed by atoms with Gasteiger partial charge in [0.1, 0.15) is 0 Å². The molecule has 1 aliphatic rings. The highest BCUT2D eigenvalue weighted by atomic mass is 15.3. The average molecular weight is 390 g/mol. The molecule has 0 aromatic carbocycles. The van der Waals surface area contributed by atoms with Crippen LogP contribution < -0.4 is 0 Å². The lowest BCUT2D eigenvalue weighted by Gasteiger charge is -2.32. The normalized spacial score (nSPS) is 16.4. The second-order valence-electron chi connectivity index (χ2n) is 12.6. The largest absolute Gasteiger partial charge is 0.377 e. The molecule has 28 heavy (non-hydrogen) atoms. The fourth-order valence-electron chi connectivity index (χ4n) is 4.09. The third kappa shape index (κ3) is 6.12. The van der Waals surface area contributed by atoms with Gasteiger partial charge < -0.3 is 4.90 Å². The van der Waals surface area contributed by atoms with E-state index < -0.39 is 0 Å². The third-order valence-electron chi connectivity index (χ3n) is 5.33. The van der Waals surface area contributed by atoms with Crippen molar-refractivity contribution in [2.75, 3.05) is 13.6 Å². The summed E-state index contributed by atoms with van der Waals surface area (Å²) in [6.45, 7) is 28.5. The Kier molecular flexibility index (Phi) is 6.97. The first-order valence-corrected chi connectivity index (χ1v) is 10.8. The highest BCUT2D eigenvalue weighted by Crippen LogP contribution is 2.43. The quantitative estimate of drug-likeness (QED) is 0.493. The molecule has 1 aromatic heterocycles. The minimum atomic E-state index is 0.129. The SMILES string of the molecule is CN1CCC(C(C)(C)C)=C1C(C)(C)C.Cn1cc(C(C)(C)C)c(C(C)(C)C)n1. The summed E-state index contributed by atoms with van der Waals surface area (Å²) in [5.41, 5.74) is 6.69. The van der Waals surface area contributed by atoms with E-state index in [1.54, 1.807) is 11.3 Å². The van der Waals surface area contributed by atoms with Gasteiger partial charge in [-0.05, 0) is 28.4 Å². The number of allylic oxidation sites excluding steroid dienone is 1. The van der Waals surface area contributed by atoms with Crippen molar-refractivity contribution in [1.82, 2.24) is 14.7 Å². The molecule has 3 nitrogen and oxygen atoms in total. The highest BCUT2D eigenvalue weighted by molar-refractivity contribution is 5.30. The van der Waals surface area contributed by atoms with Crippen molar-refractivity contribution in [3.63, 3.8) is 0 Å². The van der Waals surface area contributed by atoms with Crippen LogP contribution in [0.1, 0.15) is 101 Å². The minimum Gasteiger partial charge on any atom is -0.377 e. The van der Waals surface area contributed by atoms with Crippen molar-refractivity contribution >= 4 is 0 Å². The van der Waals surface area contributed by atoms with Crippen LogP contribution >= 0.6 is 0 Å². The van der Waals surface area contributed by atoms with Crippen LogP contribution in [0, 0.1) is 10.8 Å². The first-order chi connectivity index (χ1) is 12.3.